The zero-order valence-corrected chi connectivity index (χ0v) is 27.8. The molecule has 1 aliphatic carbocycles. The van der Waals surface area contributed by atoms with Gasteiger partial charge in [0.1, 0.15) is 11.2 Å². The van der Waals surface area contributed by atoms with E-state index in [-0.39, 0.29) is 5.92 Å². The Kier molecular flexibility index (Phi) is 6.05. The lowest BCUT2D eigenvalue weighted by atomic mass is 9.87. The number of furan rings is 1. The second-order valence-electron chi connectivity index (χ2n) is 13.6. The average molecular weight is 650 g/mol. The van der Waals surface area contributed by atoms with Crippen molar-refractivity contribution >= 4 is 43.7 Å². The molecule has 238 valence electrons. The molecule has 1 unspecified atom stereocenters. The predicted molar refractivity (Wildman–Crippen MR) is 212 cm³/mol. The number of fused-ring (bicyclic) bond motifs is 10. The maximum absolute atomic E-state index is 6.44. The molecule has 8 aromatic carbocycles. The van der Waals surface area contributed by atoms with Gasteiger partial charge in [0.15, 0.2) is 0 Å². The van der Waals surface area contributed by atoms with Gasteiger partial charge in [0, 0.05) is 33.2 Å². The van der Waals surface area contributed by atoms with E-state index in [1.807, 2.05) is 6.07 Å². The lowest BCUT2D eigenvalue weighted by molar-refractivity contribution is 0.668. The van der Waals surface area contributed by atoms with Crippen molar-refractivity contribution in [2.24, 2.45) is 0 Å². The van der Waals surface area contributed by atoms with Crippen molar-refractivity contribution in [3.05, 3.63) is 199 Å². The van der Waals surface area contributed by atoms with E-state index in [9.17, 15) is 0 Å². The first-order chi connectivity index (χ1) is 25.3. The molecule has 0 aliphatic heterocycles. The first-order valence-corrected chi connectivity index (χ1v) is 17.6. The van der Waals surface area contributed by atoms with Crippen LogP contribution in [0.1, 0.15) is 22.6 Å². The Bertz CT molecular complexity index is 2960. The molecule has 2 heteroatoms. The van der Waals surface area contributed by atoms with Gasteiger partial charge in [-0.25, -0.2) is 0 Å². The molecule has 0 saturated carbocycles. The van der Waals surface area contributed by atoms with Crippen molar-refractivity contribution in [1.82, 2.24) is 4.57 Å². The van der Waals surface area contributed by atoms with Crippen molar-refractivity contribution < 1.29 is 4.42 Å². The first-order valence-electron chi connectivity index (χ1n) is 17.6. The number of benzene rings is 8. The molecule has 0 saturated heterocycles. The van der Waals surface area contributed by atoms with Crippen LogP contribution in [0.4, 0.5) is 0 Å². The van der Waals surface area contributed by atoms with E-state index in [4.69, 9.17) is 4.42 Å². The molecule has 0 radical (unpaired) electrons. The minimum Gasteiger partial charge on any atom is -0.456 e. The fraction of sp³-hybridized carbons (Fsp3) is 0.0204. The van der Waals surface area contributed by atoms with Crippen molar-refractivity contribution in [1.29, 1.82) is 0 Å². The van der Waals surface area contributed by atoms with E-state index >= 15 is 0 Å². The Hall–Kier alpha value is -6.64. The normalized spacial score (nSPS) is 13.7. The lowest BCUT2D eigenvalue weighted by Crippen LogP contribution is -2.03. The standard InChI is InChI=1S/C49H31NO/c1-2-11-31(12-3-1)32-21-23-33(24-22-32)34-13-10-14-36(29-34)50-44-19-8-6-16-38(44)43-28-27-42-37-15-4-5-18-41(37)47(48(42)49(43)50)35-25-26-40-39-17-7-9-20-45(39)51-46(40)30-35/h1-30,47H. The summed E-state index contributed by atoms with van der Waals surface area (Å²) in [5.74, 6) is 0.0503. The van der Waals surface area contributed by atoms with Crippen LogP contribution in [0.25, 0.3) is 82.8 Å². The summed E-state index contributed by atoms with van der Waals surface area (Å²) in [6.07, 6.45) is 0. The van der Waals surface area contributed by atoms with E-state index in [2.05, 4.69) is 180 Å². The summed E-state index contributed by atoms with van der Waals surface area (Å²) in [6.45, 7) is 0. The summed E-state index contributed by atoms with van der Waals surface area (Å²) < 4.78 is 8.94. The summed E-state index contributed by atoms with van der Waals surface area (Å²) >= 11 is 0. The highest BCUT2D eigenvalue weighted by Crippen LogP contribution is 2.53. The van der Waals surface area contributed by atoms with Gasteiger partial charge in [-0.3, -0.25) is 0 Å². The van der Waals surface area contributed by atoms with Crippen LogP contribution in [0.3, 0.4) is 0 Å². The van der Waals surface area contributed by atoms with Gasteiger partial charge in [0.2, 0.25) is 0 Å². The van der Waals surface area contributed by atoms with Crippen molar-refractivity contribution in [2.75, 3.05) is 0 Å². The summed E-state index contributed by atoms with van der Waals surface area (Å²) in [7, 11) is 0. The molecule has 2 nitrogen and oxygen atoms in total. The first kappa shape index (κ1) is 28.2. The second-order valence-corrected chi connectivity index (χ2v) is 13.6. The van der Waals surface area contributed by atoms with E-state index in [0.29, 0.717) is 0 Å². The van der Waals surface area contributed by atoms with Crippen LogP contribution >= 0.6 is 0 Å². The SMILES string of the molecule is c1ccc(-c2ccc(-c3cccc(-n4c5ccccc5c5ccc6c(c54)C(c4ccc5c(c4)oc4ccccc45)c4ccccc4-6)c3)cc2)cc1. The van der Waals surface area contributed by atoms with E-state index < -0.39 is 0 Å². The Morgan fingerprint density at radius 1 is 0.412 bits per heavy atom. The van der Waals surface area contributed by atoms with Crippen molar-refractivity contribution in [3.63, 3.8) is 0 Å². The van der Waals surface area contributed by atoms with Gasteiger partial charge in [-0.2, -0.15) is 0 Å². The third-order valence-corrected chi connectivity index (χ3v) is 10.9. The largest absolute Gasteiger partial charge is 0.456 e. The third-order valence-electron chi connectivity index (χ3n) is 10.9. The molecular formula is C49H31NO. The molecule has 1 aliphatic rings. The number of hydrogen-bond donors (Lipinski definition) is 0. The van der Waals surface area contributed by atoms with Crippen molar-refractivity contribution in [2.45, 2.75) is 5.92 Å². The smallest absolute Gasteiger partial charge is 0.135 e. The van der Waals surface area contributed by atoms with Gasteiger partial charge in [-0.1, -0.05) is 152 Å². The highest BCUT2D eigenvalue weighted by atomic mass is 16.3. The highest BCUT2D eigenvalue weighted by Gasteiger charge is 2.34. The van der Waals surface area contributed by atoms with E-state index in [1.54, 1.807) is 0 Å². The topological polar surface area (TPSA) is 18.1 Å². The van der Waals surface area contributed by atoms with Crippen LogP contribution in [-0.4, -0.2) is 4.57 Å². The number of aromatic nitrogens is 1. The van der Waals surface area contributed by atoms with Crippen LogP contribution in [0.2, 0.25) is 0 Å². The number of rotatable bonds is 4. The molecule has 0 N–H and O–H groups in total. The fourth-order valence-electron chi connectivity index (χ4n) is 8.61. The number of para-hydroxylation sites is 2. The average Bonchev–Trinajstić information content (AvgIpc) is 3.86. The summed E-state index contributed by atoms with van der Waals surface area (Å²) in [4.78, 5) is 0. The van der Waals surface area contributed by atoms with Gasteiger partial charge in [0.25, 0.3) is 0 Å². The molecule has 0 amide bonds. The monoisotopic (exact) mass is 649 g/mol. The van der Waals surface area contributed by atoms with Gasteiger partial charge in [0.05, 0.1) is 11.0 Å². The summed E-state index contributed by atoms with van der Waals surface area (Å²) in [6, 6.07) is 66.2. The molecule has 2 aromatic heterocycles. The maximum atomic E-state index is 6.44. The van der Waals surface area contributed by atoms with Crippen molar-refractivity contribution in [3.8, 4) is 39.1 Å². The molecular weight excluding hydrogens is 619 g/mol. The molecule has 0 bridgehead atoms. The molecule has 0 spiro atoms. The van der Waals surface area contributed by atoms with E-state index in [1.165, 1.54) is 71.9 Å². The van der Waals surface area contributed by atoms with Gasteiger partial charge < -0.3 is 8.98 Å². The predicted octanol–water partition coefficient (Wildman–Crippen LogP) is 13.2. The van der Waals surface area contributed by atoms with E-state index in [0.717, 1.165) is 27.6 Å². The summed E-state index contributed by atoms with van der Waals surface area (Å²) in [5.41, 5.74) is 16.8. The molecule has 51 heavy (non-hydrogen) atoms. The molecule has 2 heterocycles. The minimum absolute atomic E-state index is 0.0503. The Morgan fingerprint density at radius 3 is 1.96 bits per heavy atom. The van der Waals surface area contributed by atoms with Crippen LogP contribution in [0, 0.1) is 0 Å². The zero-order chi connectivity index (χ0) is 33.5. The molecule has 0 fully saturated rings. The lowest BCUT2D eigenvalue weighted by Gasteiger charge is -2.18. The van der Waals surface area contributed by atoms with Crippen LogP contribution in [-0.2, 0) is 0 Å². The zero-order valence-electron chi connectivity index (χ0n) is 27.8. The minimum atomic E-state index is 0.0503. The fourth-order valence-corrected chi connectivity index (χ4v) is 8.61. The number of nitrogens with zero attached hydrogens (tertiary/aromatic N) is 1. The Balaban J connectivity index is 1.14. The van der Waals surface area contributed by atoms with Crippen LogP contribution < -0.4 is 0 Å². The maximum Gasteiger partial charge on any atom is 0.135 e. The third kappa shape index (κ3) is 4.23. The number of hydrogen-bond acceptors (Lipinski definition) is 1. The van der Waals surface area contributed by atoms with Gasteiger partial charge >= 0.3 is 0 Å². The Morgan fingerprint density at radius 2 is 1.08 bits per heavy atom. The van der Waals surface area contributed by atoms with Crippen LogP contribution in [0.5, 0.6) is 0 Å². The van der Waals surface area contributed by atoms with Crippen LogP contribution in [0.15, 0.2) is 186 Å². The summed E-state index contributed by atoms with van der Waals surface area (Å²) in [5, 5.41) is 4.84. The molecule has 1 atom stereocenters. The molecule has 10 aromatic rings. The molecule has 11 rings (SSSR count). The van der Waals surface area contributed by atoms with Gasteiger partial charge in [-0.15, -0.1) is 0 Å². The Labute approximate surface area is 295 Å². The highest BCUT2D eigenvalue weighted by molar-refractivity contribution is 6.13. The second kappa shape index (κ2) is 10.9. The van der Waals surface area contributed by atoms with Gasteiger partial charge in [-0.05, 0) is 80.4 Å². The quantitative estimate of drug-likeness (QED) is 0.186.